The fourth-order valence-electron chi connectivity index (χ4n) is 2.92. The number of rotatable bonds is 3. The third-order valence-electron chi connectivity index (χ3n) is 4.09. The van der Waals surface area contributed by atoms with E-state index < -0.39 is 11.7 Å². The Morgan fingerprint density at radius 2 is 1.79 bits per heavy atom. The lowest BCUT2D eigenvalue weighted by atomic mass is 10.1. The minimum Gasteiger partial charge on any atom is -0.371 e. The predicted molar refractivity (Wildman–Crippen MR) is 90.8 cm³/mol. The fourth-order valence-corrected chi connectivity index (χ4v) is 2.92. The lowest BCUT2D eigenvalue weighted by molar-refractivity contribution is -0.137. The van der Waals surface area contributed by atoms with Crippen LogP contribution in [0.5, 0.6) is 0 Å². The number of hydrogen-bond acceptors (Lipinski definition) is 2. The van der Waals surface area contributed by atoms with Crippen molar-refractivity contribution in [2.24, 2.45) is 0 Å². The first-order chi connectivity index (χ1) is 11.4. The first-order valence-electron chi connectivity index (χ1n) is 8.01. The molecule has 5 heteroatoms. The predicted octanol–water partition coefficient (Wildman–Crippen LogP) is 5.18. The van der Waals surface area contributed by atoms with Crippen LogP contribution in [0.3, 0.4) is 0 Å². The summed E-state index contributed by atoms with van der Waals surface area (Å²) < 4.78 is 38.3. The molecule has 1 aliphatic rings. The van der Waals surface area contributed by atoms with Crippen LogP contribution in [0.15, 0.2) is 36.4 Å². The number of aryl methyl sites for hydroxylation is 1. The molecule has 2 heterocycles. The van der Waals surface area contributed by atoms with Crippen LogP contribution in [0.25, 0.3) is 12.2 Å². The third-order valence-corrected chi connectivity index (χ3v) is 4.09. The molecule has 1 aromatic heterocycles. The van der Waals surface area contributed by atoms with Crippen LogP contribution >= 0.6 is 0 Å². The van der Waals surface area contributed by atoms with E-state index in [2.05, 4.69) is 9.88 Å². The van der Waals surface area contributed by atoms with Gasteiger partial charge in [-0.25, -0.2) is 0 Å². The van der Waals surface area contributed by atoms with Gasteiger partial charge in [-0.05, 0) is 55.7 Å². The lowest BCUT2D eigenvalue weighted by Crippen LogP contribution is -2.17. The molecule has 0 saturated carbocycles. The van der Waals surface area contributed by atoms with E-state index in [1.54, 1.807) is 18.2 Å². The second kappa shape index (κ2) is 6.67. The van der Waals surface area contributed by atoms with Gasteiger partial charge in [-0.15, -0.1) is 0 Å². The number of hydrogen-bond donors (Lipinski definition) is 0. The smallest absolute Gasteiger partial charge is 0.371 e. The van der Waals surface area contributed by atoms with Gasteiger partial charge in [-0.1, -0.05) is 18.2 Å². The largest absolute Gasteiger partial charge is 0.416 e. The highest BCUT2D eigenvalue weighted by Crippen LogP contribution is 2.30. The zero-order valence-electron chi connectivity index (χ0n) is 13.5. The Morgan fingerprint density at radius 1 is 1.04 bits per heavy atom. The summed E-state index contributed by atoms with van der Waals surface area (Å²) in [5.74, 6) is 0. The van der Waals surface area contributed by atoms with E-state index in [0.717, 1.165) is 42.3 Å². The molecule has 3 rings (SSSR count). The Labute approximate surface area is 139 Å². The number of aromatic nitrogens is 1. The standard InChI is InChI=1S/C19H19F3N2/c1-14-11-18(24-9-2-3-10-24)13-17(23-14)8-7-15-5-4-6-16(12-15)19(20,21)22/h4-8,11-13H,2-3,9-10H2,1H3. The summed E-state index contributed by atoms with van der Waals surface area (Å²) >= 11 is 0. The Hall–Kier alpha value is -2.30. The zero-order chi connectivity index (χ0) is 17.2. The van der Waals surface area contributed by atoms with Crippen molar-refractivity contribution in [2.75, 3.05) is 18.0 Å². The molecule has 0 N–H and O–H groups in total. The summed E-state index contributed by atoms with van der Waals surface area (Å²) in [6.07, 6.45) is 1.49. The maximum Gasteiger partial charge on any atom is 0.416 e. The number of anilines is 1. The molecule has 2 nitrogen and oxygen atoms in total. The van der Waals surface area contributed by atoms with Crippen molar-refractivity contribution in [3.63, 3.8) is 0 Å². The van der Waals surface area contributed by atoms with E-state index in [9.17, 15) is 13.2 Å². The number of pyridine rings is 1. The van der Waals surface area contributed by atoms with Gasteiger partial charge in [0.25, 0.3) is 0 Å². The normalized spacial score (nSPS) is 15.4. The van der Waals surface area contributed by atoms with Crippen LogP contribution in [-0.2, 0) is 6.18 Å². The average Bonchev–Trinajstić information content (AvgIpc) is 3.06. The first-order valence-corrected chi connectivity index (χ1v) is 8.01. The van der Waals surface area contributed by atoms with Crippen LogP contribution in [0.2, 0.25) is 0 Å². The summed E-state index contributed by atoms with van der Waals surface area (Å²) in [7, 11) is 0. The summed E-state index contributed by atoms with van der Waals surface area (Å²) in [6.45, 7) is 4.02. The molecule has 0 aliphatic carbocycles. The number of alkyl halides is 3. The number of halogens is 3. The van der Waals surface area contributed by atoms with Crippen molar-refractivity contribution in [2.45, 2.75) is 25.9 Å². The Balaban J connectivity index is 1.84. The van der Waals surface area contributed by atoms with Gasteiger partial charge in [0, 0.05) is 24.5 Å². The molecule has 0 unspecified atom stereocenters. The summed E-state index contributed by atoms with van der Waals surface area (Å²) in [4.78, 5) is 6.77. The van der Waals surface area contributed by atoms with Gasteiger partial charge in [0.15, 0.2) is 0 Å². The van der Waals surface area contributed by atoms with Crippen molar-refractivity contribution in [1.29, 1.82) is 0 Å². The van der Waals surface area contributed by atoms with E-state index in [1.165, 1.54) is 18.9 Å². The van der Waals surface area contributed by atoms with E-state index in [0.29, 0.717) is 5.56 Å². The Kier molecular flexibility index (Phi) is 4.60. The second-order valence-corrected chi connectivity index (χ2v) is 6.04. The average molecular weight is 332 g/mol. The topological polar surface area (TPSA) is 16.1 Å². The molecule has 24 heavy (non-hydrogen) atoms. The highest BCUT2D eigenvalue weighted by atomic mass is 19.4. The molecule has 1 aliphatic heterocycles. The summed E-state index contributed by atoms with van der Waals surface area (Å²) in [5, 5.41) is 0. The molecular weight excluding hydrogens is 313 g/mol. The summed E-state index contributed by atoms with van der Waals surface area (Å²) in [6, 6.07) is 9.33. The van der Waals surface area contributed by atoms with Gasteiger partial charge in [-0.2, -0.15) is 13.2 Å². The van der Waals surface area contributed by atoms with Gasteiger partial charge < -0.3 is 4.90 Å². The van der Waals surface area contributed by atoms with Crippen LogP contribution in [0.4, 0.5) is 18.9 Å². The number of benzene rings is 1. The van der Waals surface area contributed by atoms with E-state index >= 15 is 0 Å². The van der Waals surface area contributed by atoms with Gasteiger partial charge in [0.1, 0.15) is 0 Å². The molecular formula is C19H19F3N2. The minimum absolute atomic E-state index is 0.510. The highest BCUT2D eigenvalue weighted by Gasteiger charge is 2.30. The fraction of sp³-hybridized carbons (Fsp3) is 0.316. The second-order valence-electron chi connectivity index (χ2n) is 6.04. The van der Waals surface area contributed by atoms with Gasteiger partial charge in [-0.3, -0.25) is 4.98 Å². The molecule has 0 radical (unpaired) electrons. The summed E-state index contributed by atoms with van der Waals surface area (Å²) in [5.41, 5.74) is 2.66. The maximum atomic E-state index is 12.8. The quantitative estimate of drug-likeness (QED) is 0.770. The van der Waals surface area contributed by atoms with Gasteiger partial charge in [0.2, 0.25) is 0 Å². The first kappa shape index (κ1) is 16.6. The van der Waals surface area contributed by atoms with Crippen LogP contribution < -0.4 is 4.90 Å². The minimum atomic E-state index is -4.33. The molecule has 1 aromatic carbocycles. The van der Waals surface area contributed by atoms with E-state index in [1.807, 2.05) is 19.1 Å². The molecule has 1 saturated heterocycles. The SMILES string of the molecule is Cc1cc(N2CCCC2)cc(C=Cc2cccc(C(F)(F)F)c2)n1. The molecule has 126 valence electrons. The molecule has 0 spiro atoms. The van der Waals surface area contributed by atoms with E-state index in [4.69, 9.17) is 0 Å². The van der Waals surface area contributed by atoms with Crippen LogP contribution in [-0.4, -0.2) is 18.1 Å². The van der Waals surface area contributed by atoms with Crippen molar-refractivity contribution < 1.29 is 13.2 Å². The molecule has 0 atom stereocenters. The van der Waals surface area contributed by atoms with Gasteiger partial charge >= 0.3 is 6.18 Å². The monoisotopic (exact) mass is 332 g/mol. The zero-order valence-corrected chi connectivity index (χ0v) is 13.5. The Morgan fingerprint density at radius 3 is 2.50 bits per heavy atom. The van der Waals surface area contributed by atoms with Crippen molar-refractivity contribution >= 4 is 17.8 Å². The third kappa shape index (κ3) is 3.96. The number of nitrogens with zero attached hydrogens (tertiary/aromatic N) is 2. The van der Waals surface area contributed by atoms with Crippen LogP contribution in [0.1, 0.15) is 35.4 Å². The highest BCUT2D eigenvalue weighted by molar-refractivity contribution is 5.70. The molecule has 0 bridgehead atoms. The van der Waals surface area contributed by atoms with Crippen molar-refractivity contribution in [3.8, 4) is 0 Å². The maximum absolute atomic E-state index is 12.8. The molecule has 0 amide bonds. The van der Waals surface area contributed by atoms with Crippen molar-refractivity contribution in [1.82, 2.24) is 4.98 Å². The molecule has 1 fully saturated rings. The molecule has 2 aromatic rings. The van der Waals surface area contributed by atoms with Crippen LogP contribution in [0, 0.1) is 6.92 Å². The van der Waals surface area contributed by atoms with Crippen molar-refractivity contribution in [3.05, 3.63) is 58.9 Å². The van der Waals surface area contributed by atoms with E-state index in [-0.39, 0.29) is 0 Å². The lowest BCUT2D eigenvalue weighted by Gasteiger charge is -2.18. The van der Waals surface area contributed by atoms with Gasteiger partial charge in [0.05, 0.1) is 11.3 Å². The Bertz CT molecular complexity index is 745.